The maximum absolute atomic E-state index is 13.3. The van der Waals surface area contributed by atoms with Crippen LogP contribution in [0.2, 0.25) is 0 Å². The van der Waals surface area contributed by atoms with Crippen molar-refractivity contribution in [3.8, 4) is 0 Å². The van der Waals surface area contributed by atoms with Crippen LogP contribution in [0.5, 0.6) is 0 Å². The van der Waals surface area contributed by atoms with E-state index >= 15 is 0 Å². The SMILES string of the molecule is O=C(CCN1CCSCC1)Nc1ccccc1F. The van der Waals surface area contributed by atoms with Gasteiger partial charge in [0, 0.05) is 37.6 Å². The van der Waals surface area contributed by atoms with Crippen molar-refractivity contribution in [3.05, 3.63) is 30.1 Å². The molecule has 1 amide bonds. The van der Waals surface area contributed by atoms with Gasteiger partial charge in [-0.1, -0.05) is 12.1 Å². The van der Waals surface area contributed by atoms with Gasteiger partial charge >= 0.3 is 0 Å². The number of para-hydroxylation sites is 1. The largest absolute Gasteiger partial charge is 0.324 e. The first-order chi connectivity index (χ1) is 8.75. The van der Waals surface area contributed by atoms with E-state index in [1.807, 2.05) is 11.8 Å². The molecule has 5 heteroatoms. The lowest BCUT2D eigenvalue weighted by molar-refractivity contribution is -0.116. The van der Waals surface area contributed by atoms with Crippen molar-refractivity contribution in [1.29, 1.82) is 0 Å². The quantitative estimate of drug-likeness (QED) is 0.908. The molecule has 1 aliphatic rings. The zero-order valence-corrected chi connectivity index (χ0v) is 11.0. The summed E-state index contributed by atoms with van der Waals surface area (Å²) in [4.78, 5) is 14.0. The average molecular weight is 268 g/mol. The van der Waals surface area contributed by atoms with E-state index in [0.717, 1.165) is 31.1 Å². The number of rotatable bonds is 4. The van der Waals surface area contributed by atoms with Crippen LogP contribution >= 0.6 is 11.8 Å². The van der Waals surface area contributed by atoms with Gasteiger partial charge in [0.2, 0.25) is 5.91 Å². The topological polar surface area (TPSA) is 32.3 Å². The normalized spacial score (nSPS) is 16.5. The predicted octanol–water partition coefficient (Wildman–Crippen LogP) is 2.20. The number of anilines is 1. The minimum Gasteiger partial charge on any atom is -0.324 e. The van der Waals surface area contributed by atoms with Gasteiger partial charge in [-0.15, -0.1) is 0 Å². The number of nitrogens with one attached hydrogen (secondary N) is 1. The van der Waals surface area contributed by atoms with Crippen LogP contribution in [-0.2, 0) is 4.79 Å². The number of hydrogen-bond acceptors (Lipinski definition) is 3. The summed E-state index contributed by atoms with van der Waals surface area (Å²) in [6, 6.07) is 6.24. The Kier molecular flexibility index (Phi) is 5.01. The van der Waals surface area contributed by atoms with Crippen LogP contribution < -0.4 is 5.32 Å². The molecule has 1 aromatic carbocycles. The van der Waals surface area contributed by atoms with E-state index in [1.165, 1.54) is 6.07 Å². The van der Waals surface area contributed by atoms with Crippen molar-refractivity contribution in [2.45, 2.75) is 6.42 Å². The molecule has 98 valence electrons. The molecular weight excluding hydrogens is 251 g/mol. The van der Waals surface area contributed by atoms with Crippen LogP contribution in [-0.4, -0.2) is 41.9 Å². The standard InChI is InChI=1S/C13H17FN2OS/c14-11-3-1-2-4-12(11)15-13(17)5-6-16-7-9-18-10-8-16/h1-4H,5-10H2,(H,15,17). The maximum atomic E-state index is 13.3. The third-order valence-corrected chi connectivity index (χ3v) is 3.85. The molecule has 1 heterocycles. The van der Waals surface area contributed by atoms with E-state index in [-0.39, 0.29) is 17.4 Å². The molecule has 1 N–H and O–H groups in total. The van der Waals surface area contributed by atoms with Gasteiger partial charge in [0.25, 0.3) is 0 Å². The smallest absolute Gasteiger partial charge is 0.225 e. The molecule has 2 rings (SSSR count). The lowest BCUT2D eigenvalue weighted by Crippen LogP contribution is -2.35. The fourth-order valence-electron chi connectivity index (χ4n) is 1.86. The van der Waals surface area contributed by atoms with E-state index in [4.69, 9.17) is 0 Å². The molecule has 18 heavy (non-hydrogen) atoms. The monoisotopic (exact) mass is 268 g/mol. The van der Waals surface area contributed by atoms with Crippen LogP contribution in [0, 0.1) is 5.82 Å². The van der Waals surface area contributed by atoms with Gasteiger partial charge in [-0.2, -0.15) is 11.8 Å². The first kappa shape index (κ1) is 13.4. The summed E-state index contributed by atoms with van der Waals surface area (Å²) in [6.45, 7) is 2.83. The molecular formula is C13H17FN2OS. The fourth-order valence-corrected chi connectivity index (χ4v) is 2.84. The molecule has 0 atom stereocenters. The highest BCUT2D eigenvalue weighted by Gasteiger charge is 2.12. The molecule has 0 radical (unpaired) electrons. The van der Waals surface area contributed by atoms with Gasteiger partial charge in [0.15, 0.2) is 0 Å². The molecule has 0 aromatic heterocycles. The van der Waals surface area contributed by atoms with Crippen LogP contribution in [0.15, 0.2) is 24.3 Å². The molecule has 1 saturated heterocycles. The molecule has 1 aromatic rings. The first-order valence-corrected chi connectivity index (χ1v) is 7.25. The molecule has 0 saturated carbocycles. The van der Waals surface area contributed by atoms with Crippen LogP contribution in [0.1, 0.15) is 6.42 Å². The lowest BCUT2D eigenvalue weighted by atomic mass is 10.3. The summed E-state index contributed by atoms with van der Waals surface area (Å²) in [5.41, 5.74) is 0.261. The maximum Gasteiger partial charge on any atom is 0.225 e. The second kappa shape index (κ2) is 6.75. The van der Waals surface area contributed by atoms with Crippen molar-refractivity contribution in [2.24, 2.45) is 0 Å². The summed E-state index contributed by atoms with van der Waals surface area (Å²) in [7, 11) is 0. The van der Waals surface area contributed by atoms with Crippen molar-refractivity contribution in [2.75, 3.05) is 36.5 Å². The third-order valence-electron chi connectivity index (χ3n) is 2.91. The van der Waals surface area contributed by atoms with E-state index in [9.17, 15) is 9.18 Å². The van der Waals surface area contributed by atoms with Crippen molar-refractivity contribution in [3.63, 3.8) is 0 Å². The molecule has 3 nitrogen and oxygen atoms in total. The second-order valence-electron chi connectivity index (χ2n) is 4.23. The summed E-state index contributed by atoms with van der Waals surface area (Å²) < 4.78 is 13.3. The molecule has 1 aliphatic heterocycles. The van der Waals surface area contributed by atoms with Gasteiger partial charge in [-0.3, -0.25) is 4.79 Å². The highest BCUT2D eigenvalue weighted by molar-refractivity contribution is 7.99. The van der Waals surface area contributed by atoms with Crippen LogP contribution in [0.3, 0.4) is 0 Å². The average Bonchev–Trinajstić information content (AvgIpc) is 2.40. The number of carbonyl (C=O) groups excluding carboxylic acids is 1. The Bertz CT molecular complexity index is 408. The minimum absolute atomic E-state index is 0.127. The number of hydrogen-bond donors (Lipinski definition) is 1. The summed E-state index contributed by atoms with van der Waals surface area (Å²) in [5.74, 6) is 1.75. The summed E-state index contributed by atoms with van der Waals surface area (Å²) in [6.07, 6.45) is 0.416. The Labute approximate surface area is 111 Å². The minimum atomic E-state index is -0.389. The highest BCUT2D eigenvalue weighted by atomic mass is 32.2. The zero-order chi connectivity index (χ0) is 12.8. The zero-order valence-electron chi connectivity index (χ0n) is 10.2. The van der Waals surface area contributed by atoms with E-state index in [1.54, 1.807) is 18.2 Å². The van der Waals surface area contributed by atoms with E-state index in [0.29, 0.717) is 6.42 Å². The second-order valence-corrected chi connectivity index (χ2v) is 5.46. The van der Waals surface area contributed by atoms with Crippen LogP contribution in [0.25, 0.3) is 0 Å². The van der Waals surface area contributed by atoms with Gasteiger partial charge in [-0.05, 0) is 12.1 Å². The molecule has 0 bridgehead atoms. The lowest BCUT2D eigenvalue weighted by Gasteiger charge is -2.25. The van der Waals surface area contributed by atoms with Gasteiger partial charge in [0.1, 0.15) is 5.82 Å². The predicted molar refractivity (Wildman–Crippen MR) is 73.4 cm³/mol. The summed E-state index contributed by atoms with van der Waals surface area (Å²) >= 11 is 1.95. The number of carbonyl (C=O) groups is 1. The number of halogens is 1. The Hall–Kier alpha value is -1.07. The molecule has 1 fully saturated rings. The third kappa shape index (κ3) is 3.99. The molecule has 0 aliphatic carbocycles. The van der Waals surface area contributed by atoms with Crippen LogP contribution in [0.4, 0.5) is 10.1 Å². The number of benzene rings is 1. The van der Waals surface area contributed by atoms with Gasteiger partial charge in [-0.25, -0.2) is 4.39 Å². The molecule has 0 unspecified atom stereocenters. The van der Waals surface area contributed by atoms with E-state index < -0.39 is 0 Å². The molecule has 0 spiro atoms. The number of amides is 1. The fraction of sp³-hybridized carbons (Fsp3) is 0.462. The Balaban J connectivity index is 1.76. The highest BCUT2D eigenvalue weighted by Crippen LogP contribution is 2.13. The van der Waals surface area contributed by atoms with Crippen molar-refractivity contribution in [1.82, 2.24) is 4.90 Å². The Morgan fingerprint density at radius 1 is 1.33 bits per heavy atom. The van der Waals surface area contributed by atoms with Gasteiger partial charge < -0.3 is 10.2 Å². The van der Waals surface area contributed by atoms with Gasteiger partial charge in [0.05, 0.1) is 5.69 Å². The summed E-state index contributed by atoms with van der Waals surface area (Å²) in [5, 5.41) is 2.60. The Morgan fingerprint density at radius 2 is 2.06 bits per heavy atom. The van der Waals surface area contributed by atoms with Crippen molar-refractivity contribution < 1.29 is 9.18 Å². The number of thioether (sulfide) groups is 1. The Morgan fingerprint density at radius 3 is 2.78 bits per heavy atom. The van der Waals surface area contributed by atoms with Crippen molar-refractivity contribution >= 4 is 23.4 Å². The van der Waals surface area contributed by atoms with E-state index in [2.05, 4.69) is 10.2 Å². The first-order valence-electron chi connectivity index (χ1n) is 6.10. The number of nitrogens with zero attached hydrogens (tertiary/aromatic N) is 1.